The molecule has 0 aliphatic heterocycles. The molecule has 0 saturated heterocycles. The van der Waals surface area contributed by atoms with Crippen molar-refractivity contribution in [3.8, 4) is 0 Å². The highest BCUT2D eigenvalue weighted by atomic mass is 16.3. The number of nitrogens with one attached hydrogen (secondary N) is 1. The highest BCUT2D eigenvalue weighted by Gasteiger charge is 2.47. The molecular weight excluding hydrogens is 176 g/mol. The van der Waals surface area contributed by atoms with Gasteiger partial charge in [-0.2, -0.15) is 0 Å². The van der Waals surface area contributed by atoms with Crippen LogP contribution in [-0.2, 0) is 12.0 Å². The zero-order valence-corrected chi connectivity index (χ0v) is 8.80. The molecule has 0 spiro atoms. The molecule has 1 atom stereocenters. The molecule has 0 saturated carbocycles. The Morgan fingerprint density at radius 3 is 2.86 bits per heavy atom. The molecular formula is C11H18N2O. The summed E-state index contributed by atoms with van der Waals surface area (Å²) in [5.41, 5.74) is 6.90. The van der Waals surface area contributed by atoms with E-state index in [9.17, 15) is 5.11 Å². The Bertz CT molecular complexity index is 343. The van der Waals surface area contributed by atoms with Gasteiger partial charge in [-0.3, -0.25) is 0 Å². The standard InChI is InChI=1S/C11H18N2O/c1-10(2)4-3-8-5-13-6-9(8)11(10,14)7-12/h5-6,13-14H,3-4,7,12H2,1-2H3. The Balaban J connectivity index is 2.55. The van der Waals surface area contributed by atoms with E-state index in [0.29, 0.717) is 0 Å². The maximum absolute atomic E-state index is 10.6. The third-order valence-corrected chi connectivity index (χ3v) is 3.71. The fourth-order valence-corrected chi connectivity index (χ4v) is 2.39. The van der Waals surface area contributed by atoms with E-state index < -0.39 is 5.60 Å². The van der Waals surface area contributed by atoms with Crippen LogP contribution >= 0.6 is 0 Å². The maximum atomic E-state index is 10.6. The molecule has 1 aliphatic carbocycles. The van der Waals surface area contributed by atoms with Gasteiger partial charge in [-0.25, -0.2) is 0 Å². The van der Waals surface area contributed by atoms with E-state index in [4.69, 9.17) is 5.73 Å². The lowest BCUT2D eigenvalue weighted by atomic mass is 9.64. The predicted octanol–water partition coefficient (Wildman–Crippen LogP) is 1.13. The quantitative estimate of drug-likeness (QED) is 0.627. The van der Waals surface area contributed by atoms with Crippen molar-refractivity contribution < 1.29 is 5.11 Å². The normalized spacial score (nSPS) is 30.0. The molecule has 1 heterocycles. The predicted molar refractivity (Wildman–Crippen MR) is 55.8 cm³/mol. The molecule has 0 fully saturated rings. The van der Waals surface area contributed by atoms with Crippen LogP contribution < -0.4 is 5.73 Å². The molecule has 1 aromatic heterocycles. The van der Waals surface area contributed by atoms with Crippen LogP contribution in [0.5, 0.6) is 0 Å². The molecule has 1 unspecified atom stereocenters. The monoisotopic (exact) mass is 194 g/mol. The summed E-state index contributed by atoms with van der Waals surface area (Å²) in [6.07, 6.45) is 5.84. The molecule has 1 aliphatic rings. The summed E-state index contributed by atoms with van der Waals surface area (Å²) < 4.78 is 0. The molecule has 78 valence electrons. The second-order valence-corrected chi connectivity index (χ2v) is 4.84. The van der Waals surface area contributed by atoms with Gasteiger partial charge in [0.25, 0.3) is 0 Å². The second kappa shape index (κ2) is 2.84. The van der Waals surface area contributed by atoms with Crippen molar-refractivity contribution in [2.45, 2.75) is 32.3 Å². The third kappa shape index (κ3) is 1.06. The van der Waals surface area contributed by atoms with E-state index in [2.05, 4.69) is 18.8 Å². The van der Waals surface area contributed by atoms with Gasteiger partial charge in [0.2, 0.25) is 0 Å². The number of aryl methyl sites for hydroxylation is 1. The fraction of sp³-hybridized carbons (Fsp3) is 0.636. The number of hydrogen-bond acceptors (Lipinski definition) is 2. The topological polar surface area (TPSA) is 62.0 Å². The number of fused-ring (bicyclic) bond motifs is 1. The molecule has 14 heavy (non-hydrogen) atoms. The largest absolute Gasteiger partial charge is 0.383 e. The number of hydrogen-bond donors (Lipinski definition) is 3. The van der Waals surface area contributed by atoms with Gasteiger partial charge in [0.05, 0.1) is 0 Å². The Morgan fingerprint density at radius 1 is 1.50 bits per heavy atom. The van der Waals surface area contributed by atoms with Gasteiger partial charge in [0.15, 0.2) is 0 Å². The van der Waals surface area contributed by atoms with Crippen LogP contribution in [-0.4, -0.2) is 16.6 Å². The lowest BCUT2D eigenvalue weighted by Crippen LogP contribution is -2.50. The van der Waals surface area contributed by atoms with E-state index in [-0.39, 0.29) is 12.0 Å². The van der Waals surface area contributed by atoms with Crippen molar-refractivity contribution in [3.05, 3.63) is 23.5 Å². The van der Waals surface area contributed by atoms with Crippen LogP contribution in [0.4, 0.5) is 0 Å². The van der Waals surface area contributed by atoms with Crippen molar-refractivity contribution in [2.75, 3.05) is 6.54 Å². The van der Waals surface area contributed by atoms with Gasteiger partial charge < -0.3 is 15.8 Å². The fourth-order valence-electron chi connectivity index (χ4n) is 2.39. The first-order valence-electron chi connectivity index (χ1n) is 5.10. The number of nitrogens with two attached hydrogens (primary N) is 1. The number of rotatable bonds is 1. The number of H-pyrrole nitrogens is 1. The summed E-state index contributed by atoms with van der Waals surface area (Å²) in [6, 6.07) is 0. The summed E-state index contributed by atoms with van der Waals surface area (Å²) in [4.78, 5) is 3.05. The Labute approximate surface area is 84.3 Å². The SMILES string of the molecule is CC1(C)CCc2c[nH]cc2C1(O)CN. The van der Waals surface area contributed by atoms with Gasteiger partial charge >= 0.3 is 0 Å². The Kier molecular flexibility index (Phi) is 1.98. The summed E-state index contributed by atoms with van der Waals surface area (Å²) in [5, 5.41) is 10.6. The van der Waals surface area contributed by atoms with E-state index >= 15 is 0 Å². The van der Waals surface area contributed by atoms with Crippen LogP contribution in [0.15, 0.2) is 12.4 Å². The summed E-state index contributed by atoms with van der Waals surface area (Å²) in [6.45, 7) is 4.44. The molecule has 3 nitrogen and oxygen atoms in total. The van der Waals surface area contributed by atoms with E-state index in [1.807, 2.05) is 12.4 Å². The minimum absolute atomic E-state index is 0.142. The zero-order chi connectivity index (χ0) is 10.4. The number of aromatic amines is 1. The Morgan fingerprint density at radius 2 is 2.21 bits per heavy atom. The summed E-state index contributed by atoms with van der Waals surface area (Å²) in [5.74, 6) is 0. The Hall–Kier alpha value is -0.800. The molecule has 0 radical (unpaired) electrons. The van der Waals surface area contributed by atoms with Gasteiger partial charge in [0, 0.05) is 24.5 Å². The molecule has 3 heteroatoms. The van der Waals surface area contributed by atoms with Crippen LogP contribution in [0.25, 0.3) is 0 Å². The third-order valence-electron chi connectivity index (χ3n) is 3.71. The van der Waals surface area contributed by atoms with Crippen molar-refractivity contribution >= 4 is 0 Å². The average molecular weight is 194 g/mol. The number of aromatic nitrogens is 1. The minimum atomic E-state index is -0.874. The lowest BCUT2D eigenvalue weighted by Gasteiger charge is -2.45. The van der Waals surface area contributed by atoms with Crippen molar-refractivity contribution in [3.63, 3.8) is 0 Å². The van der Waals surface area contributed by atoms with Gasteiger partial charge in [-0.1, -0.05) is 13.8 Å². The maximum Gasteiger partial charge on any atom is 0.109 e. The molecule has 4 N–H and O–H groups in total. The first-order chi connectivity index (χ1) is 6.51. The lowest BCUT2D eigenvalue weighted by molar-refractivity contribution is -0.0771. The van der Waals surface area contributed by atoms with Gasteiger partial charge in [-0.15, -0.1) is 0 Å². The van der Waals surface area contributed by atoms with Crippen molar-refractivity contribution in [1.29, 1.82) is 0 Å². The molecule has 0 aromatic carbocycles. The zero-order valence-electron chi connectivity index (χ0n) is 8.80. The van der Waals surface area contributed by atoms with Crippen LogP contribution in [0.1, 0.15) is 31.4 Å². The van der Waals surface area contributed by atoms with E-state index in [1.165, 1.54) is 5.56 Å². The summed E-state index contributed by atoms with van der Waals surface area (Å²) in [7, 11) is 0. The van der Waals surface area contributed by atoms with E-state index in [0.717, 1.165) is 18.4 Å². The highest BCUT2D eigenvalue weighted by molar-refractivity contribution is 5.35. The van der Waals surface area contributed by atoms with Gasteiger partial charge in [0.1, 0.15) is 5.60 Å². The molecule has 0 amide bonds. The first kappa shape index (κ1) is 9.74. The molecule has 1 aromatic rings. The molecule has 0 bridgehead atoms. The average Bonchev–Trinajstić information content (AvgIpc) is 2.60. The minimum Gasteiger partial charge on any atom is -0.383 e. The van der Waals surface area contributed by atoms with Crippen LogP contribution in [0, 0.1) is 5.41 Å². The van der Waals surface area contributed by atoms with E-state index in [1.54, 1.807) is 0 Å². The van der Waals surface area contributed by atoms with Crippen molar-refractivity contribution in [1.82, 2.24) is 4.98 Å². The highest BCUT2D eigenvalue weighted by Crippen LogP contribution is 2.47. The second-order valence-electron chi connectivity index (χ2n) is 4.84. The van der Waals surface area contributed by atoms with Crippen molar-refractivity contribution in [2.24, 2.45) is 11.1 Å². The summed E-state index contributed by atoms with van der Waals surface area (Å²) >= 11 is 0. The van der Waals surface area contributed by atoms with Crippen LogP contribution in [0.2, 0.25) is 0 Å². The first-order valence-corrected chi connectivity index (χ1v) is 5.10. The number of aliphatic hydroxyl groups is 1. The van der Waals surface area contributed by atoms with Gasteiger partial charge in [-0.05, 0) is 23.8 Å². The smallest absolute Gasteiger partial charge is 0.109 e. The molecule has 2 rings (SSSR count). The van der Waals surface area contributed by atoms with Crippen LogP contribution in [0.3, 0.4) is 0 Å².